The molecule has 0 saturated carbocycles. The van der Waals surface area contributed by atoms with E-state index in [0.29, 0.717) is 0 Å². The first kappa shape index (κ1) is 25.2. The van der Waals surface area contributed by atoms with Crippen LogP contribution in [0.25, 0.3) is 0 Å². The van der Waals surface area contributed by atoms with Gasteiger partial charge in [0.2, 0.25) is 21.8 Å². The highest BCUT2D eigenvalue weighted by atomic mass is 32.2. The van der Waals surface area contributed by atoms with Crippen molar-refractivity contribution >= 4 is 39.0 Å². The first-order valence-corrected chi connectivity index (χ1v) is 13.1. The van der Waals surface area contributed by atoms with Gasteiger partial charge in [0.15, 0.2) is 0 Å². The van der Waals surface area contributed by atoms with Crippen LogP contribution in [-0.2, 0) is 26.0 Å². The molecule has 2 aromatic rings. The van der Waals surface area contributed by atoms with Gasteiger partial charge in [0.1, 0.15) is 11.9 Å². The third-order valence-corrected chi connectivity index (χ3v) is 8.38. The lowest BCUT2D eigenvalue weighted by molar-refractivity contribution is -0.864. The first-order chi connectivity index (χ1) is 15.5. The van der Waals surface area contributed by atoms with Crippen molar-refractivity contribution < 1.29 is 22.7 Å². The molecule has 12 heteroatoms. The first-order valence-electron chi connectivity index (χ1n) is 10.6. The Labute approximate surface area is 197 Å². The van der Waals surface area contributed by atoms with Gasteiger partial charge in [-0.05, 0) is 18.9 Å². The van der Waals surface area contributed by atoms with Crippen LogP contribution in [0.5, 0.6) is 0 Å². The molecule has 0 aliphatic carbocycles. The van der Waals surface area contributed by atoms with Crippen LogP contribution in [0.4, 0.5) is 5.82 Å². The molecule has 1 saturated heterocycles. The summed E-state index contributed by atoms with van der Waals surface area (Å²) < 4.78 is 27.3. The molecule has 180 valence electrons. The molecule has 1 fully saturated rings. The van der Waals surface area contributed by atoms with E-state index in [4.69, 9.17) is 5.73 Å². The van der Waals surface area contributed by atoms with Crippen LogP contribution < -0.4 is 10.6 Å². The molecule has 0 spiro atoms. The van der Waals surface area contributed by atoms with Crippen molar-refractivity contribution in [3.63, 3.8) is 0 Å². The smallest absolute Gasteiger partial charge is 0.240 e. The zero-order valence-corrected chi connectivity index (χ0v) is 20.3. The minimum absolute atomic E-state index is 0.0993. The molecular weight excluding hydrogens is 466 g/mol. The van der Waals surface area contributed by atoms with Gasteiger partial charge in [-0.25, -0.2) is 13.4 Å². The fourth-order valence-electron chi connectivity index (χ4n) is 3.77. The van der Waals surface area contributed by atoms with Crippen molar-refractivity contribution in [1.29, 1.82) is 0 Å². The molecule has 2 heterocycles. The maximum absolute atomic E-state index is 13.7. The fourth-order valence-corrected chi connectivity index (χ4v) is 6.00. The number of anilines is 1. The van der Waals surface area contributed by atoms with Gasteiger partial charge in [-0.1, -0.05) is 30.3 Å². The van der Waals surface area contributed by atoms with Crippen molar-refractivity contribution in [2.45, 2.75) is 19.4 Å². The third kappa shape index (κ3) is 6.36. The van der Waals surface area contributed by atoms with E-state index in [1.807, 2.05) is 30.3 Å². The van der Waals surface area contributed by atoms with Crippen molar-refractivity contribution in [1.82, 2.24) is 9.29 Å². The molecule has 3 rings (SSSR count). The zero-order valence-electron chi connectivity index (χ0n) is 18.7. The Morgan fingerprint density at radius 1 is 1.27 bits per heavy atom. The molecule has 0 radical (unpaired) electrons. The molecule has 2 amide bonds. The number of hydroxylamine groups is 3. The summed E-state index contributed by atoms with van der Waals surface area (Å²) in [6.07, 6.45) is 0.161. The zero-order chi connectivity index (χ0) is 24.2. The molecule has 1 aromatic heterocycles. The van der Waals surface area contributed by atoms with Crippen LogP contribution in [0.3, 0.4) is 0 Å². The number of sulfonamides is 1. The molecular formula is C21H29N5O5S2. The molecule has 2 unspecified atom stereocenters. The van der Waals surface area contributed by atoms with Gasteiger partial charge in [-0.3, -0.25) is 14.5 Å². The number of hydrogen-bond acceptors (Lipinski definition) is 7. The number of quaternary nitrogens is 1. The van der Waals surface area contributed by atoms with Gasteiger partial charge < -0.3 is 15.6 Å². The SMILES string of the molecule is CC(C(N)=O)N(C(=O)C(Cc1ccccc1)CS(=O)(=O)N1CC[N+](C)([O-])CC1)c1cscn1. The van der Waals surface area contributed by atoms with E-state index in [-0.39, 0.29) is 38.4 Å². The second kappa shape index (κ2) is 10.3. The van der Waals surface area contributed by atoms with Crippen molar-refractivity contribution in [3.05, 3.63) is 52.0 Å². The van der Waals surface area contributed by atoms with Crippen LogP contribution in [-0.4, -0.2) is 79.2 Å². The Bertz CT molecular complexity index is 1050. The molecule has 1 aliphatic rings. The number of primary amides is 1. The topological polar surface area (TPSA) is 137 Å². The van der Waals surface area contributed by atoms with Crippen LogP contribution in [0.2, 0.25) is 0 Å². The minimum atomic E-state index is -3.84. The Morgan fingerprint density at radius 3 is 2.45 bits per heavy atom. The van der Waals surface area contributed by atoms with Crippen molar-refractivity contribution in [2.24, 2.45) is 11.7 Å². The minimum Gasteiger partial charge on any atom is -0.633 e. The standard InChI is InChI=1S/C21H29N5O5S2/c1-16(20(22)27)25(19-13-32-15-23-19)21(28)18(12-17-6-4-3-5-7-17)14-33(30,31)24-8-10-26(2,29)11-9-24/h3-7,13,15-16,18H,8-12,14H2,1-2H3,(H2,22,27). The van der Waals surface area contributed by atoms with Crippen molar-refractivity contribution in [2.75, 3.05) is 43.9 Å². The Morgan fingerprint density at radius 2 is 1.91 bits per heavy atom. The maximum Gasteiger partial charge on any atom is 0.240 e. The second-order valence-electron chi connectivity index (χ2n) is 8.44. The molecule has 1 aliphatic heterocycles. The molecule has 2 N–H and O–H groups in total. The summed E-state index contributed by atoms with van der Waals surface area (Å²) in [5.41, 5.74) is 7.80. The van der Waals surface area contributed by atoms with E-state index in [1.54, 1.807) is 5.38 Å². The average Bonchev–Trinajstić information content (AvgIpc) is 3.28. The number of thiazole rings is 1. The quantitative estimate of drug-likeness (QED) is 0.404. The van der Waals surface area contributed by atoms with Crippen LogP contribution in [0, 0.1) is 11.1 Å². The van der Waals surface area contributed by atoms with E-state index in [2.05, 4.69) is 4.98 Å². The Hall–Kier alpha value is -2.38. The number of piperazine rings is 1. The molecule has 2 atom stereocenters. The van der Waals surface area contributed by atoms with E-state index < -0.39 is 44.2 Å². The summed E-state index contributed by atoms with van der Waals surface area (Å²) in [6.45, 7) is 2.00. The highest BCUT2D eigenvalue weighted by Crippen LogP contribution is 2.24. The summed E-state index contributed by atoms with van der Waals surface area (Å²) in [5.74, 6) is -2.43. The predicted molar refractivity (Wildman–Crippen MR) is 127 cm³/mol. The second-order valence-corrected chi connectivity index (χ2v) is 11.2. The Kier molecular flexibility index (Phi) is 7.85. The lowest BCUT2D eigenvalue weighted by Gasteiger charge is -2.44. The van der Waals surface area contributed by atoms with Crippen molar-refractivity contribution in [3.8, 4) is 0 Å². The summed E-state index contributed by atoms with van der Waals surface area (Å²) in [6, 6.07) is 8.09. The van der Waals surface area contributed by atoms with Gasteiger partial charge in [-0.2, -0.15) is 4.31 Å². The molecule has 0 bridgehead atoms. The fraction of sp³-hybridized carbons (Fsp3) is 0.476. The highest BCUT2D eigenvalue weighted by Gasteiger charge is 2.38. The lowest BCUT2D eigenvalue weighted by atomic mass is 9.99. The van der Waals surface area contributed by atoms with Gasteiger partial charge in [-0.15, -0.1) is 11.3 Å². The lowest BCUT2D eigenvalue weighted by Crippen LogP contribution is -2.56. The van der Waals surface area contributed by atoms with Crippen LogP contribution in [0.1, 0.15) is 12.5 Å². The number of benzene rings is 1. The van der Waals surface area contributed by atoms with Crippen LogP contribution in [0.15, 0.2) is 41.2 Å². The van der Waals surface area contributed by atoms with Gasteiger partial charge in [0, 0.05) is 5.38 Å². The van der Waals surface area contributed by atoms with Gasteiger partial charge in [0.25, 0.3) is 0 Å². The normalized spacial score (nSPS) is 18.4. The number of nitrogens with zero attached hydrogens (tertiary/aromatic N) is 4. The number of nitrogens with two attached hydrogens (primary N) is 1. The van der Waals surface area contributed by atoms with E-state index in [9.17, 15) is 23.2 Å². The van der Waals surface area contributed by atoms with E-state index in [1.165, 1.54) is 40.0 Å². The largest absolute Gasteiger partial charge is 0.633 e. The number of amides is 2. The number of aromatic nitrogens is 1. The average molecular weight is 496 g/mol. The number of likely N-dealkylation sites (N-methyl/N-ethyl adjacent to an activating group) is 1. The number of hydrogen-bond donors (Lipinski definition) is 1. The summed E-state index contributed by atoms with van der Waals surface area (Å²) >= 11 is 1.25. The Balaban J connectivity index is 1.91. The van der Waals surface area contributed by atoms with Gasteiger partial charge in [0.05, 0.1) is 50.4 Å². The van der Waals surface area contributed by atoms with E-state index >= 15 is 0 Å². The third-order valence-electron chi connectivity index (χ3n) is 5.83. The maximum atomic E-state index is 13.7. The summed E-state index contributed by atoms with van der Waals surface area (Å²) in [5, 5.41) is 13.7. The highest BCUT2D eigenvalue weighted by molar-refractivity contribution is 7.89. The van der Waals surface area contributed by atoms with Gasteiger partial charge >= 0.3 is 0 Å². The monoisotopic (exact) mass is 495 g/mol. The molecule has 1 aromatic carbocycles. The van der Waals surface area contributed by atoms with E-state index in [0.717, 1.165) is 5.56 Å². The molecule has 10 nitrogen and oxygen atoms in total. The number of rotatable bonds is 9. The predicted octanol–water partition coefficient (Wildman–Crippen LogP) is 0.799. The summed E-state index contributed by atoms with van der Waals surface area (Å²) in [7, 11) is -2.33. The number of carbonyl (C=O) groups is 2. The number of carbonyl (C=O) groups excluding carboxylic acids is 2. The molecule has 33 heavy (non-hydrogen) atoms. The van der Waals surface area contributed by atoms with Crippen LogP contribution >= 0.6 is 11.3 Å². The summed E-state index contributed by atoms with van der Waals surface area (Å²) in [4.78, 5) is 31.0.